The number of hydrogen-bond acceptors (Lipinski definition) is 2. The molecule has 2 aromatic carbocycles. The van der Waals surface area contributed by atoms with Crippen molar-refractivity contribution < 1.29 is 8.42 Å². The van der Waals surface area contributed by atoms with E-state index in [-0.39, 0.29) is 6.04 Å². The molecular weight excluding hydrogens is 258 g/mol. The summed E-state index contributed by atoms with van der Waals surface area (Å²) in [4.78, 5) is 0. The molecule has 0 fully saturated rings. The molecule has 3 nitrogen and oxygen atoms in total. The Hall–Kier alpha value is -1.65. The third kappa shape index (κ3) is 3.91. The van der Waals surface area contributed by atoms with E-state index in [1.807, 2.05) is 61.5 Å². The Morgan fingerprint density at radius 1 is 0.947 bits per heavy atom. The van der Waals surface area contributed by atoms with Crippen LogP contribution >= 0.6 is 0 Å². The molecule has 1 N–H and O–H groups in total. The van der Waals surface area contributed by atoms with Gasteiger partial charge in [0.1, 0.15) is 0 Å². The van der Waals surface area contributed by atoms with E-state index < -0.39 is 10.0 Å². The maximum atomic E-state index is 11.6. The van der Waals surface area contributed by atoms with E-state index in [4.69, 9.17) is 0 Å². The van der Waals surface area contributed by atoms with E-state index in [0.29, 0.717) is 0 Å². The summed E-state index contributed by atoms with van der Waals surface area (Å²) in [5.41, 5.74) is 2.98. The van der Waals surface area contributed by atoms with Crippen molar-refractivity contribution in [3.8, 4) is 0 Å². The normalized spacial score (nSPS) is 13.2. The van der Waals surface area contributed by atoms with Crippen LogP contribution in [0.3, 0.4) is 0 Å². The number of aryl methyl sites for hydroxylation is 1. The topological polar surface area (TPSA) is 46.2 Å². The molecule has 0 aliphatic carbocycles. The predicted octanol–water partition coefficient (Wildman–Crippen LogP) is 2.63. The molecule has 0 aliphatic rings. The Morgan fingerprint density at radius 2 is 1.58 bits per heavy atom. The van der Waals surface area contributed by atoms with E-state index in [2.05, 4.69) is 4.72 Å². The standard InChI is InChI=1S/C15H17NO2S/c1-12-7-6-10-14(11-12)15(16-19(2,17)18)13-8-4-3-5-9-13/h3-11,15-16H,1-2H3/t15-/m1/s1. The molecule has 100 valence electrons. The van der Waals surface area contributed by atoms with Gasteiger partial charge in [-0.1, -0.05) is 60.2 Å². The lowest BCUT2D eigenvalue weighted by atomic mass is 9.98. The summed E-state index contributed by atoms with van der Waals surface area (Å²) in [5, 5.41) is 0. The second kappa shape index (κ2) is 5.55. The molecule has 1 atom stereocenters. The van der Waals surface area contributed by atoms with Gasteiger partial charge in [-0.2, -0.15) is 0 Å². The molecule has 0 heterocycles. The number of sulfonamides is 1. The first kappa shape index (κ1) is 13.8. The van der Waals surface area contributed by atoms with Crippen molar-refractivity contribution in [3.63, 3.8) is 0 Å². The first-order chi connectivity index (χ1) is 8.96. The van der Waals surface area contributed by atoms with E-state index in [1.54, 1.807) is 0 Å². The first-order valence-electron chi connectivity index (χ1n) is 6.04. The van der Waals surface area contributed by atoms with Gasteiger partial charge in [0.15, 0.2) is 0 Å². The van der Waals surface area contributed by atoms with Gasteiger partial charge in [-0.05, 0) is 18.1 Å². The van der Waals surface area contributed by atoms with Crippen molar-refractivity contribution in [2.45, 2.75) is 13.0 Å². The highest BCUT2D eigenvalue weighted by Crippen LogP contribution is 2.23. The number of hydrogen-bond donors (Lipinski definition) is 1. The highest BCUT2D eigenvalue weighted by Gasteiger charge is 2.17. The van der Waals surface area contributed by atoms with Crippen molar-refractivity contribution in [3.05, 3.63) is 71.3 Å². The van der Waals surface area contributed by atoms with Crippen LogP contribution in [-0.4, -0.2) is 14.7 Å². The summed E-state index contributed by atoms with van der Waals surface area (Å²) in [6.45, 7) is 1.99. The van der Waals surface area contributed by atoms with Crippen LogP contribution in [0, 0.1) is 6.92 Å². The molecule has 0 radical (unpaired) electrons. The van der Waals surface area contributed by atoms with Crippen LogP contribution in [0.5, 0.6) is 0 Å². The average Bonchev–Trinajstić information content (AvgIpc) is 2.36. The lowest BCUT2D eigenvalue weighted by Gasteiger charge is -2.19. The second-order valence-electron chi connectivity index (χ2n) is 4.65. The third-order valence-corrected chi connectivity index (χ3v) is 3.50. The number of rotatable bonds is 4. The van der Waals surface area contributed by atoms with Gasteiger partial charge in [-0.3, -0.25) is 0 Å². The molecule has 0 saturated carbocycles. The summed E-state index contributed by atoms with van der Waals surface area (Å²) in [6.07, 6.45) is 1.18. The molecule has 0 unspecified atom stereocenters. The maximum Gasteiger partial charge on any atom is 0.209 e. The Morgan fingerprint density at radius 3 is 2.16 bits per heavy atom. The monoisotopic (exact) mass is 275 g/mol. The molecule has 4 heteroatoms. The first-order valence-corrected chi connectivity index (χ1v) is 7.94. The molecule has 0 amide bonds. The highest BCUT2D eigenvalue weighted by atomic mass is 32.2. The molecule has 0 spiro atoms. The van der Waals surface area contributed by atoms with Crippen LogP contribution in [0.25, 0.3) is 0 Å². The maximum absolute atomic E-state index is 11.6. The zero-order chi connectivity index (χ0) is 13.9. The van der Waals surface area contributed by atoms with Crippen LogP contribution in [0.4, 0.5) is 0 Å². The molecule has 0 aliphatic heterocycles. The molecule has 2 aromatic rings. The quantitative estimate of drug-likeness (QED) is 0.932. The van der Waals surface area contributed by atoms with Crippen LogP contribution in [0.2, 0.25) is 0 Å². The number of benzene rings is 2. The van der Waals surface area contributed by atoms with Gasteiger partial charge in [0.2, 0.25) is 10.0 Å². The number of nitrogens with one attached hydrogen (secondary N) is 1. The van der Waals surface area contributed by atoms with Crippen molar-refractivity contribution in [1.82, 2.24) is 4.72 Å². The summed E-state index contributed by atoms with van der Waals surface area (Å²) in [7, 11) is -3.28. The zero-order valence-corrected chi connectivity index (χ0v) is 11.8. The van der Waals surface area contributed by atoms with E-state index in [1.165, 1.54) is 6.26 Å². The van der Waals surface area contributed by atoms with Gasteiger partial charge in [0.05, 0.1) is 12.3 Å². The van der Waals surface area contributed by atoms with Gasteiger partial charge in [0.25, 0.3) is 0 Å². The smallest absolute Gasteiger partial charge is 0.209 e. The van der Waals surface area contributed by atoms with Crippen LogP contribution in [0.15, 0.2) is 54.6 Å². The van der Waals surface area contributed by atoms with E-state index >= 15 is 0 Å². The predicted molar refractivity (Wildman–Crippen MR) is 77.4 cm³/mol. The molecule has 0 saturated heterocycles. The molecule has 19 heavy (non-hydrogen) atoms. The SMILES string of the molecule is Cc1cccc([C@H](NS(C)(=O)=O)c2ccccc2)c1. The average molecular weight is 275 g/mol. The third-order valence-electron chi connectivity index (χ3n) is 2.84. The Kier molecular flexibility index (Phi) is 4.02. The summed E-state index contributed by atoms with van der Waals surface area (Å²) in [6, 6.07) is 17.1. The summed E-state index contributed by atoms with van der Waals surface area (Å²) < 4.78 is 25.8. The fourth-order valence-corrected chi connectivity index (χ4v) is 2.74. The van der Waals surface area contributed by atoms with Crippen LogP contribution in [0.1, 0.15) is 22.7 Å². The Balaban J connectivity index is 2.46. The van der Waals surface area contributed by atoms with Gasteiger partial charge in [-0.15, -0.1) is 0 Å². The van der Waals surface area contributed by atoms with E-state index in [9.17, 15) is 8.42 Å². The Bertz CT molecular complexity index is 651. The minimum absolute atomic E-state index is 0.351. The Labute approximate surface area is 114 Å². The van der Waals surface area contributed by atoms with Crippen molar-refractivity contribution in [2.75, 3.05) is 6.26 Å². The van der Waals surface area contributed by atoms with Crippen LogP contribution in [-0.2, 0) is 10.0 Å². The zero-order valence-electron chi connectivity index (χ0n) is 11.0. The fraction of sp³-hybridized carbons (Fsp3) is 0.200. The lowest BCUT2D eigenvalue weighted by Crippen LogP contribution is -2.28. The summed E-state index contributed by atoms with van der Waals surface area (Å²) >= 11 is 0. The highest BCUT2D eigenvalue weighted by molar-refractivity contribution is 7.88. The second-order valence-corrected chi connectivity index (χ2v) is 6.43. The molecule has 0 aromatic heterocycles. The van der Waals surface area contributed by atoms with Gasteiger partial charge >= 0.3 is 0 Å². The van der Waals surface area contributed by atoms with Crippen molar-refractivity contribution >= 4 is 10.0 Å². The van der Waals surface area contributed by atoms with E-state index in [0.717, 1.165) is 16.7 Å². The lowest BCUT2D eigenvalue weighted by molar-refractivity contribution is 0.578. The minimum Gasteiger partial charge on any atom is -0.213 e. The molecular formula is C15H17NO2S. The fourth-order valence-electron chi connectivity index (χ4n) is 2.04. The van der Waals surface area contributed by atoms with Crippen molar-refractivity contribution in [1.29, 1.82) is 0 Å². The minimum atomic E-state index is -3.28. The van der Waals surface area contributed by atoms with Crippen LogP contribution < -0.4 is 4.72 Å². The molecule has 2 rings (SSSR count). The molecule has 0 bridgehead atoms. The van der Waals surface area contributed by atoms with Gasteiger partial charge in [-0.25, -0.2) is 13.1 Å². The van der Waals surface area contributed by atoms with Gasteiger partial charge < -0.3 is 0 Å². The van der Waals surface area contributed by atoms with Gasteiger partial charge in [0, 0.05) is 0 Å². The summed E-state index contributed by atoms with van der Waals surface area (Å²) in [5.74, 6) is 0. The largest absolute Gasteiger partial charge is 0.213 e. The van der Waals surface area contributed by atoms with Crippen molar-refractivity contribution in [2.24, 2.45) is 0 Å².